The van der Waals surface area contributed by atoms with Crippen molar-refractivity contribution in [3.8, 4) is 0 Å². The zero-order valence-electron chi connectivity index (χ0n) is 13.5. The molecule has 0 fully saturated rings. The fourth-order valence-electron chi connectivity index (χ4n) is 2.14. The third-order valence-corrected chi connectivity index (χ3v) is 4.60. The fraction of sp³-hybridized carbons (Fsp3) is 0.235. The molecule has 0 bridgehead atoms. The van der Waals surface area contributed by atoms with Crippen molar-refractivity contribution in [2.75, 3.05) is 24.7 Å². The Morgan fingerprint density at radius 2 is 1.58 bits per heavy atom. The average Bonchev–Trinajstić information content (AvgIpc) is 2.55. The molecule has 0 saturated heterocycles. The number of hydrogen-bond donors (Lipinski definition) is 2. The molecule has 0 aliphatic rings. The van der Waals surface area contributed by atoms with Gasteiger partial charge in [0.15, 0.2) is 0 Å². The first kappa shape index (κ1) is 18.0. The van der Waals surface area contributed by atoms with E-state index < -0.39 is 10.0 Å². The van der Waals surface area contributed by atoms with Gasteiger partial charge in [0.1, 0.15) is 0 Å². The lowest BCUT2D eigenvalue weighted by molar-refractivity contribution is 0.251. The second-order valence-corrected chi connectivity index (χ2v) is 7.31. The number of sulfonamides is 1. The lowest BCUT2D eigenvalue weighted by Crippen LogP contribution is -2.39. The molecule has 128 valence electrons. The predicted molar refractivity (Wildman–Crippen MR) is 95.2 cm³/mol. The Morgan fingerprint density at radius 3 is 2.17 bits per heavy atom. The molecule has 0 aliphatic carbocycles. The third-order valence-electron chi connectivity index (χ3n) is 3.35. The number of carbonyl (C=O) groups excluding carboxylic acids is 1. The number of urea groups is 1. The Bertz CT molecular complexity index is 749. The molecular formula is C17H21N3O3S. The van der Waals surface area contributed by atoms with E-state index in [4.69, 9.17) is 0 Å². The molecule has 2 aromatic carbocycles. The molecule has 0 unspecified atom stereocenters. The van der Waals surface area contributed by atoms with Crippen molar-refractivity contribution in [1.29, 1.82) is 0 Å². The van der Waals surface area contributed by atoms with Crippen LogP contribution in [-0.4, -0.2) is 38.1 Å². The quantitative estimate of drug-likeness (QED) is 0.806. The van der Waals surface area contributed by atoms with Crippen molar-refractivity contribution < 1.29 is 13.2 Å². The van der Waals surface area contributed by atoms with Gasteiger partial charge in [-0.3, -0.25) is 0 Å². The summed E-state index contributed by atoms with van der Waals surface area (Å²) in [6.45, 7) is 0.705. The third kappa shape index (κ3) is 6.02. The molecule has 0 aromatic heterocycles. The molecule has 7 heteroatoms. The Morgan fingerprint density at radius 1 is 1.00 bits per heavy atom. The number of carbonyl (C=O) groups is 1. The Kier molecular flexibility index (Phi) is 6.34. The Balaban J connectivity index is 1.86. The largest absolute Gasteiger partial charge is 0.337 e. The highest BCUT2D eigenvalue weighted by molar-refractivity contribution is 7.88. The van der Waals surface area contributed by atoms with Crippen molar-refractivity contribution >= 4 is 21.7 Å². The van der Waals surface area contributed by atoms with E-state index in [1.807, 2.05) is 48.5 Å². The summed E-state index contributed by atoms with van der Waals surface area (Å²) in [7, 11) is -3.36. The highest BCUT2D eigenvalue weighted by atomic mass is 32.2. The van der Waals surface area contributed by atoms with Crippen LogP contribution in [0, 0.1) is 0 Å². The SMILES string of the molecule is CS(=O)(=O)N(CCNC(=O)Nc1ccccc1)Cc1ccccc1. The van der Waals surface area contributed by atoms with Crippen molar-refractivity contribution in [2.45, 2.75) is 6.54 Å². The second kappa shape index (κ2) is 8.47. The predicted octanol–water partition coefficient (Wildman–Crippen LogP) is 2.27. The number of para-hydroxylation sites is 1. The van der Waals surface area contributed by atoms with Crippen molar-refractivity contribution in [3.63, 3.8) is 0 Å². The van der Waals surface area contributed by atoms with Crippen LogP contribution in [0.2, 0.25) is 0 Å². The molecule has 0 atom stereocenters. The van der Waals surface area contributed by atoms with E-state index in [0.717, 1.165) is 5.56 Å². The molecule has 0 heterocycles. The molecule has 0 aliphatic heterocycles. The van der Waals surface area contributed by atoms with E-state index in [1.165, 1.54) is 10.6 Å². The lowest BCUT2D eigenvalue weighted by atomic mass is 10.2. The summed E-state index contributed by atoms with van der Waals surface area (Å²) in [6, 6.07) is 18.0. The van der Waals surface area contributed by atoms with Crippen LogP contribution in [-0.2, 0) is 16.6 Å². The topological polar surface area (TPSA) is 78.5 Å². The number of hydrogen-bond acceptors (Lipinski definition) is 3. The minimum absolute atomic E-state index is 0.204. The van der Waals surface area contributed by atoms with Gasteiger partial charge in [-0.15, -0.1) is 0 Å². The molecule has 2 N–H and O–H groups in total. The summed E-state index contributed by atoms with van der Waals surface area (Å²) in [5.41, 5.74) is 1.58. The van der Waals surface area contributed by atoms with Gasteiger partial charge in [-0.2, -0.15) is 4.31 Å². The average molecular weight is 347 g/mol. The molecule has 0 spiro atoms. The van der Waals surface area contributed by atoms with Gasteiger partial charge in [-0.25, -0.2) is 13.2 Å². The lowest BCUT2D eigenvalue weighted by Gasteiger charge is -2.20. The fourth-order valence-corrected chi connectivity index (χ4v) is 2.95. The number of nitrogens with zero attached hydrogens (tertiary/aromatic N) is 1. The highest BCUT2D eigenvalue weighted by Gasteiger charge is 2.16. The molecule has 2 aromatic rings. The van der Waals surface area contributed by atoms with E-state index >= 15 is 0 Å². The van der Waals surface area contributed by atoms with Crippen molar-refractivity contribution in [3.05, 3.63) is 66.2 Å². The van der Waals surface area contributed by atoms with Crippen LogP contribution in [0.15, 0.2) is 60.7 Å². The summed E-state index contributed by atoms with van der Waals surface area (Å²) in [4.78, 5) is 11.8. The van der Waals surface area contributed by atoms with E-state index in [0.29, 0.717) is 5.69 Å². The number of benzene rings is 2. The second-order valence-electron chi connectivity index (χ2n) is 5.33. The van der Waals surface area contributed by atoms with E-state index in [-0.39, 0.29) is 25.7 Å². The van der Waals surface area contributed by atoms with Gasteiger partial charge in [-0.1, -0.05) is 48.5 Å². The highest BCUT2D eigenvalue weighted by Crippen LogP contribution is 2.08. The molecule has 0 radical (unpaired) electrons. The molecule has 2 rings (SSSR count). The maximum absolute atomic E-state index is 11.9. The summed E-state index contributed by atoms with van der Waals surface area (Å²) < 4.78 is 25.1. The first-order chi connectivity index (χ1) is 11.4. The van der Waals surface area contributed by atoms with E-state index in [2.05, 4.69) is 10.6 Å². The molecule has 2 amide bonds. The zero-order valence-corrected chi connectivity index (χ0v) is 14.3. The number of nitrogens with one attached hydrogen (secondary N) is 2. The zero-order chi connectivity index (χ0) is 17.4. The Labute approximate surface area is 142 Å². The van der Waals surface area contributed by atoms with Crippen LogP contribution in [0.1, 0.15) is 5.56 Å². The normalized spacial score (nSPS) is 11.2. The number of anilines is 1. The summed E-state index contributed by atoms with van der Waals surface area (Å²) in [5, 5.41) is 5.35. The van der Waals surface area contributed by atoms with Crippen molar-refractivity contribution in [1.82, 2.24) is 9.62 Å². The molecule has 6 nitrogen and oxygen atoms in total. The number of rotatable bonds is 7. The minimum atomic E-state index is -3.36. The van der Waals surface area contributed by atoms with Crippen LogP contribution >= 0.6 is 0 Å². The van der Waals surface area contributed by atoms with Crippen LogP contribution < -0.4 is 10.6 Å². The van der Waals surface area contributed by atoms with Gasteiger partial charge in [0.25, 0.3) is 0 Å². The molecule has 24 heavy (non-hydrogen) atoms. The standard InChI is InChI=1S/C17H21N3O3S/c1-24(22,23)20(14-15-8-4-2-5-9-15)13-12-18-17(21)19-16-10-6-3-7-11-16/h2-11H,12-14H2,1H3,(H2,18,19,21). The van der Waals surface area contributed by atoms with Gasteiger partial charge in [0, 0.05) is 25.3 Å². The molecular weight excluding hydrogens is 326 g/mol. The van der Waals surface area contributed by atoms with Crippen LogP contribution in [0.5, 0.6) is 0 Å². The van der Waals surface area contributed by atoms with Crippen LogP contribution in [0.4, 0.5) is 10.5 Å². The monoisotopic (exact) mass is 347 g/mol. The maximum atomic E-state index is 11.9. The van der Waals surface area contributed by atoms with Gasteiger partial charge in [0.2, 0.25) is 10.0 Å². The number of amides is 2. The minimum Gasteiger partial charge on any atom is -0.337 e. The van der Waals surface area contributed by atoms with Gasteiger partial charge < -0.3 is 10.6 Å². The van der Waals surface area contributed by atoms with Crippen LogP contribution in [0.3, 0.4) is 0 Å². The first-order valence-corrected chi connectivity index (χ1v) is 9.39. The summed E-state index contributed by atoms with van der Waals surface area (Å²) in [5.74, 6) is 0. The van der Waals surface area contributed by atoms with Crippen LogP contribution in [0.25, 0.3) is 0 Å². The smallest absolute Gasteiger partial charge is 0.319 e. The van der Waals surface area contributed by atoms with Gasteiger partial charge in [0.05, 0.1) is 6.26 Å². The van der Waals surface area contributed by atoms with Crippen molar-refractivity contribution in [2.24, 2.45) is 0 Å². The molecule has 0 saturated carbocycles. The summed E-state index contributed by atoms with van der Waals surface area (Å²) >= 11 is 0. The van der Waals surface area contributed by atoms with Gasteiger partial charge in [-0.05, 0) is 17.7 Å². The summed E-state index contributed by atoms with van der Waals surface area (Å²) in [6.07, 6.45) is 1.17. The Hall–Kier alpha value is -2.38. The van der Waals surface area contributed by atoms with E-state index in [1.54, 1.807) is 12.1 Å². The van der Waals surface area contributed by atoms with E-state index in [9.17, 15) is 13.2 Å². The first-order valence-electron chi connectivity index (χ1n) is 7.54. The van der Waals surface area contributed by atoms with Gasteiger partial charge >= 0.3 is 6.03 Å². The maximum Gasteiger partial charge on any atom is 0.319 e.